The van der Waals surface area contributed by atoms with Gasteiger partial charge >= 0.3 is 0 Å². The molecule has 2 aromatic rings. The molecule has 2 N–H and O–H groups in total. The Labute approximate surface area is 108 Å². The van der Waals surface area contributed by atoms with Gasteiger partial charge in [0.05, 0.1) is 11.3 Å². The van der Waals surface area contributed by atoms with Crippen LogP contribution < -0.4 is 5.32 Å². The molecule has 8 heteroatoms. The Balaban J connectivity index is 2.04. The Bertz CT molecular complexity index is 617. The molecule has 0 bridgehead atoms. The molecule has 0 fully saturated rings. The van der Waals surface area contributed by atoms with Gasteiger partial charge in [-0.3, -0.25) is 10.1 Å². The standard InChI is InChI=1S/C11H10N6O2/c12-4-8-3-10(17(18)19)6-15-11(8)14-2-1-9-5-13-7-16-9/h3,5-7H,1-2H2,(H,13,16)(H,14,15). The van der Waals surface area contributed by atoms with Crippen molar-refractivity contribution in [3.63, 3.8) is 0 Å². The second-order valence-electron chi connectivity index (χ2n) is 3.71. The van der Waals surface area contributed by atoms with Crippen LogP contribution >= 0.6 is 0 Å². The number of aromatic amines is 1. The molecule has 0 atom stereocenters. The van der Waals surface area contributed by atoms with Gasteiger partial charge in [-0.15, -0.1) is 0 Å². The summed E-state index contributed by atoms with van der Waals surface area (Å²) in [5, 5.41) is 22.5. The van der Waals surface area contributed by atoms with Crippen LogP contribution in [0.1, 0.15) is 11.3 Å². The number of hydrogen-bond acceptors (Lipinski definition) is 6. The van der Waals surface area contributed by atoms with E-state index >= 15 is 0 Å². The molecule has 0 radical (unpaired) electrons. The largest absolute Gasteiger partial charge is 0.369 e. The Morgan fingerprint density at radius 2 is 2.37 bits per heavy atom. The average molecular weight is 258 g/mol. The van der Waals surface area contributed by atoms with E-state index < -0.39 is 4.92 Å². The molecule has 0 saturated heterocycles. The molecule has 8 nitrogen and oxygen atoms in total. The fourth-order valence-electron chi connectivity index (χ4n) is 1.52. The number of nitrogens with zero attached hydrogens (tertiary/aromatic N) is 4. The van der Waals surface area contributed by atoms with E-state index in [1.807, 2.05) is 6.07 Å². The van der Waals surface area contributed by atoms with Crippen LogP contribution in [-0.4, -0.2) is 26.4 Å². The van der Waals surface area contributed by atoms with Crippen molar-refractivity contribution in [1.82, 2.24) is 15.0 Å². The van der Waals surface area contributed by atoms with Gasteiger partial charge in [-0.05, 0) is 0 Å². The molecule has 0 aromatic carbocycles. The molecule has 19 heavy (non-hydrogen) atoms. The van der Waals surface area contributed by atoms with Gasteiger partial charge in [-0.1, -0.05) is 0 Å². The smallest absolute Gasteiger partial charge is 0.289 e. The van der Waals surface area contributed by atoms with Crippen LogP contribution in [0.3, 0.4) is 0 Å². The van der Waals surface area contributed by atoms with E-state index in [0.717, 1.165) is 11.9 Å². The summed E-state index contributed by atoms with van der Waals surface area (Å²) >= 11 is 0. The molecule has 2 aromatic heterocycles. The lowest BCUT2D eigenvalue weighted by Gasteiger charge is -2.05. The van der Waals surface area contributed by atoms with E-state index in [1.165, 1.54) is 6.07 Å². The normalized spacial score (nSPS) is 9.84. The van der Waals surface area contributed by atoms with Crippen LogP contribution in [0.2, 0.25) is 0 Å². The maximum absolute atomic E-state index is 10.6. The molecule has 0 aliphatic carbocycles. The van der Waals surface area contributed by atoms with Crippen LogP contribution in [0.25, 0.3) is 0 Å². The van der Waals surface area contributed by atoms with Crippen molar-refractivity contribution < 1.29 is 4.92 Å². The highest BCUT2D eigenvalue weighted by atomic mass is 16.6. The highest BCUT2D eigenvalue weighted by Gasteiger charge is 2.11. The lowest BCUT2D eigenvalue weighted by atomic mass is 10.2. The second-order valence-corrected chi connectivity index (χ2v) is 3.71. The SMILES string of the molecule is N#Cc1cc([N+](=O)[O-])cnc1NCCc1cnc[nH]1. The molecular formula is C11H10N6O2. The molecule has 0 aliphatic rings. The van der Waals surface area contributed by atoms with Crippen molar-refractivity contribution in [1.29, 1.82) is 5.26 Å². The number of anilines is 1. The van der Waals surface area contributed by atoms with Crippen molar-refractivity contribution in [2.45, 2.75) is 6.42 Å². The van der Waals surface area contributed by atoms with Crippen molar-refractivity contribution in [2.24, 2.45) is 0 Å². The predicted octanol–water partition coefficient (Wildman–Crippen LogP) is 1.24. The molecule has 0 unspecified atom stereocenters. The number of nitriles is 1. The van der Waals surface area contributed by atoms with Crippen LogP contribution in [0.4, 0.5) is 11.5 Å². The molecule has 2 rings (SSSR count). The third-order valence-corrected chi connectivity index (χ3v) is 2.45. The Hall–Kier alpha value is -2.95. The van der Waals surface area contributed by atoms with Crippen LogP contribution in [0.15, 0.2) is 24.8 Å². The van der Waals surface area contributed by atoms with Gasteiger partial charge in [0.25, 0.3) is 5.69 Å². The van der Waals surface area contributed by atoms with Gasteiger partial charge in [0.2, 0.25) is 0 Å². The average Bonchev–Trinajstić information content (AvgIpc) is 2.92. The summed E-state index contributed by atoms with van der Waals surface area (Å²) < 4.78 is 0. The summed E-state index contributed by atoms with van der Waals surface area (Å²) in [5.41, 5.74) is 0.905. The molecule has 0 spiro atoms. The number of nitro groups is 1. The molecular weight excluding hydrogens is 248 g/mol. The minimum Gasteiger partial charge on any atom is -0.369 e. The van der Waals surface area contributed by atoms with E-state index in [4.69, 9.17) is 5.26 Å². The first kappa shape index (κ1) is 12.5. The molecule has 0 saturated carbocycles. The first-order valence-corrected chi connectivity index (χ1v) is 5.46. The minimum absolute atomic E-state index is 0.152. The van der Waals surface area contributed by atoms with Gasteiger partial charge < -0.3 is 10.3 Å². The van der Waals surface area contributed by atoms with Crippen molar-refractivity contribution in [3.05, 3.63) is 46.2 Å². The Kier molecular flexibility index (Phi) is 3.68. The monoisotopic (exact) mass is 258 g/mol. The Morgan fingerprint density at radius 3 is 3.00 bits per heavy atom. The molecule has 0 aliphatic heterocycles. The van der Waals surface area contributed by atoms with Crippen molar-refractivity contribution in [2.75, 3.05) is 11.9 Å². The quantitative estimate of drug-likeness (QED) is 0.614. The van der Waals surface area contributed by atoms with E-state index in [0.29, 0.717) is 18.8 Å². The van der Waals surface area contributed by atoms with Gasteiger partial charge in [-0.2, -0.15) is 5.26 Å². The number of imidazole rings is 1. The Morgan fingerprint density at radius 1 is 1.53 bits per heavy atom. The number of hydrogen-bond donors (Lipinski definition) is 2. The summed E-state index contributed by atoms with van der Waals surface area (Å²) in [6, 6.07) is 3.08. The van der Waals surface area contributed by atoms with Crippen LogP contribution in [0.5, 0.6) is 0 Å². The summed E-state index contributed by atoms with van der Waals surface area (Å²) in [6.07, 6.45) is 5.10. The number of nitrogens with one attached hydrogen (secondary N) is 2. The molecule has 96 valence electrons. The van der Waals surface area contributed by atoms with Crippen molar-refractivity contribution >= 4 is 11.5 Å². The summed E-state index contributed by atoms with van der Waals surface area (Å²) in [4.78, 5) is 20.7. The number of aromatic nitrogens is 3. The topological polar surface area (TPSA) is 121 Å². The zero-order valence-electron chi connectivity index (χ0n) is 9.83. The number of rotatable bonds is 5. The summed E-state index contributed by atoms with van der Waals surface area (Å²) in [5.74, 6) is 0.340. The van der Waals surface area contributed by atoms with E-state index in [9.17, 15) is 10.1 Å². The second kappa shape index (κ2) is 5.59. The van der Waals surface area contributed by atoms with E-state index in [1.54, 1.807) is 12.5 Å². The predicted molar refractivity (Wildman–Crippen MR) is 66.4 cm³/mol. The zero-order valence-corrected chi connectivity index (χ0v) is 9.83. The van der Waals surface area contributed by atoms with E-state index in [-0.39, 0.29) is 11.3 Å². The summed E-state index contributed by atoms with van der Waals surface area (Å²) in [7, 11) is 0. The van der Waals surface area contributed by atoms with Crippen molar-refractivity contribution in [3.8, 4) is 6.07 Å². The number of pyridine rings is 1. The maximum Gasteiger partial charge on any atom is 0.289 e. The molecule has 2 heterocycles. The summed E-state index contributed by atoms with van der Waals surface area (Å²) in [6.45, 7) is 0.543. The lowest BCUT2D eigenvalue weighted by molar-refractivity contribution is -0.385. The van der Waals surface area contributed by atoms with Crippen LogP contribution in [-0.2, 0) is 6.42 Å². The highest BCUT2D eigenvalue weighted by molar-refractivity contribution is 5.55. The fourth-order valence-corrected chi connectivity index (χ4v) is 1.52. The zero-order chi connectivity index (χ0) is 13.7. The molecule has 0 amide bonds. The number of H-pyrrole nitrogens is 1. The van der Waals surface area contributed by atoms with Gasteiger partial charge in [-0.25, -0.2) is 9.97 Å². The van der Waals surface area contributed by atoms with Gasteiger partial charge in [0.1, 0.15) is 23.6 Å². The van der Waals surface area contributed by atoms with Gasteiger partial charge in [0.15, 0.2) is 0 Å². The third kappa shape index (κ3) is 3.04. The van der Waals surface area contributed by atoms with Gasteiger partial charge in [0, 0.05) is 30.9 Å². The first-order valence-electron chi connectivity index (χ1n) is 5.46. The minimum atomic E-state index is -0.581. The highest BCUT2D eigenvalue weighted by Crippen LogP contribution is 2.17. The van der Waals surface area contributed by atoms with Crippen LogP contribution in [0, 0.1) is 21.4 Å². The maximum atomic E-state index is 10.6. The van der Waals surface area contributed by atoms with E-state index in [2.05, 4.69) is 20.3 Å². The lowest BCUT2D eigenvalue weighted by Crippen LogP contribution is -2.08. The first-order chi connectivity index (χ1) is 9.20. The fraction of sp³-hybridized carbons (Fsp3) is 0.182. The third-order valence-electron chi connectivity index (χ3n) is 2.45.